The van der Waals surface area contributed by atoms with Crippen LogP contribution < -0.4 is 0 Å². The Bertz CT molecular complexity index is 2060. The molecule has 2 heteroatoms. The lowest BCUT2D eigenvalue weighted by atomic mass is 9.70. The van der Waals surface area contributed by atoms with E-state index in [9.17, 15) is 0 Å². The van der Waals surface area contributed by atoms with Gasteiger partial charge in [0.05, 0.1) is 16.8 Å². The Kier molecular flexibility index (Phi) is 5.15. The molecule has 6 aromatic carbocycles. The molecule has 0 saturated carbocycles. The van der Waals surface area contributed by atoms with Crippen LogP contribution in [-0.4, -0.2) is 9.97 Å². The van der Waals surface area contributed by atoms with Crippen LogP contribution in [0, 0.1) is 0 Å². The summed E-state index contributed by atoms with van der Waals surface area (Å²) in [5.41, 5.74) is 15.1. The summed E-state index contributed by atoms with van der Waals surface area (Å²) in [7, 11) is 0. The summed E-state index contributed by atoms with van der Waals surface area (Å²) in [6, 6.07) is 56.4. The summed E-state index contributed by atoms with van der Waals surface area (Å²) >= 11 is 0. The highest BCUT2D eigenvalue weighted by atomic mass is 14.9. The van der Waals surface area contributed by atoms with E-state index >= 15 is 0 Å². The van der Waals surface area contributed by atoms with E-state index in [1.54, 1.807) is 0 Å². The monoisotopic (exact) mass is 546 g/mol. The van der Waals surface area contributed by atoms with Gasteiger partial charge >= 0.3 is 0 Å². The van der Waals surface area contributed by atoms with Crippen molar-refractivity contribution in [3.63, 3.8) is 0 Å². The highest BCUT2D eigenvalue weighted by molar-refractivity contribution is 5.95. The lowest BCUT2D eigenvalue weighted by molar-refractivity contribution is 0.794. The van der Waals surface area contributed by atoms with Crippen molar-refractivity contribution < 1.29 is 0 Å². The maximum atomic E-state index is 5.17. The van der Waals surface area contributed by atoms with Crippen LogP contribution >= 0.6 is 0 Å². The Hall–Kier alpha value is -5.60. The van der Waals surface area contributed by atoms with Gasteiger partial charge in [0.25, 0.3) is 0 Å². The first-order valence-electron chi connectivity index (χ1n) is 14.8. The predicted octanol–water partition coefficient (Wildman–Crippen LogP) is 9.82. The van der Waals surface area contributed by atoms with Crippen LogP contribution in [0.3, 0.4) is 0 Å². The zero-order chi connectivity index (χ0) is 28.4. The maximum Gasteiger partial charge on any atom is 0.160 e. The molecule has 7 aromatic rings. The molecular weight excluding hydrogens is 520 g/mol. The summed E-state index contributed by atoms with van der Waals surface area (Å²) in [4.78, 5) is 10.3. The number of hydrogen-bond donors (Lipinski definition) is 0. The molecule has 2 aliphatic rings. The molecule has 0 bridgehead atoms. The summed E-state index contributed by atoms with van der Waals surface area (Å²) in [5, 5.41) is 0. The fourth-order valence-corrected chi connectivity index (χ4v) is 7.32. The van der Waals surface area contributed by atoms with Gasteiger partial charge in [-0.2, -0.15) is 0 Å². The molecule has 0 atom stereocenters. The van der Waals surface area contributed by atoms with E-state index in [4.69, 9.17) is 9.97 Å². The minimum atomic E-state index is -0.394. The Morgan fingerprint density at radius 3 is 1.23 bits per heavy atom. The SMILES string of the molecule is c1ccc(-c2cc(-c3ccccc3)nc(-c3ccc4c(c3)C3(c5ccccc5-c5ccccc53)c3ccccc3-4)n2)cc1. The van der Waals surface area contributed by atoms with Crippen molar-refractivity contribution in [2.24, 2.45) is 0 Å². The molecule has 0 N–H and O–H groups in total. The third-order valence-electron chi connectivity index (χ3n) is 9.12. The van der Waals surface area contributed by atoms with Crippen LogP contribution in [0.5, 0.6) is 0 Å². The van der Waals surface area contributed by atoms with Gasteiger partial charge < -0.3 is 0 Å². The van der Waals surface area contributed by atoms with E-state index in [1.807, 2.05) is 12.1 Å². The molecule has 0 amide bonds. The van der Waals surface area contributed by atoms with Gasteiger partial charge in [-0.25, -0.2) is 9.97 Å². The topological polar surface area (TPSA) is 25.8 Å². The highest BCUT2D eigenvalue weighted by Crippen LogP contribution is 2.62. The van der Waals surface area contributed by atoms with Crippen molar-refractivity contribution in [2.75, 3.05) is 0 Å². The molecule has 9 rings (SSSR count). The van der Waals surface area contributed by atoms with Crippen LogP contribution in [0.1, 0.15) is 22.3 Å². The first kappa shape index (κ1) is 24.0. The minimum absolute atomic E-state index is 0.394. The molecule has 0 unspecified atom stereocenters. The van der Waals surface area contributed by atoms with E-state index < -0.39 is 5.41 Å². The lowest BCUT2D eigenvalue weighted by Gasteiger charge is -2.30. The molecule has 0 aliphatic heterocycles. The number of benzene rings is 6. The van der Waals surface area contributed by atoms with Crippen LogP contribution in [0.15, 0.2) is 158 Å². The van der Waals surface area contributed by atoms with Crippen molar-refractivity contribution in [1.82, 2.24) is 9.97 Å². The number of nitrogens with zero attached hydrogens (tertiary/aromatic N) is 2. The van der Waals surface area contributed by atoms with Gasteiger partial charge in [0.15, 0.2) is 5.82 Å². The third kappa shape index (κ3) is 3.41. The van der Waals surface area contributed by atoms with E-state index in [1.165, 1.54) is 44.5 Å². The molecule has 200 valence electrons. The molecule has 1 aromatic heterocycles. The van der Waals surface area contributed by atoms with Gasteiger partial charge in [-0.3, -0.25) is 0 Å². The van der Waals surface area contributed by atoms with Crippen LogP contribution in [0.25, 0.3) is 56.2 Å². The number of rotatable bonds is 3. The van der Waals surface area contributed by atoms with Crippen LogP contribution in [0.4, 0.5) is 0 Å². The fourth-order valence-electron chi connectivity index (χ4n) is 7.32. The van der Waals surface area contributed by atoms with E-state index in [-0.39, 0.29) is 0 Å². The van der Waals surface area contributed by atoms with Crippen molar-refractivity contribution in [3.05, 3.63) is 180 Å². The van der Waals surface area contributed by atoms with E-state index in [2.05, 4.69) is 146 Å². The first-order chi connectivity index (χ1) is 21.3. The first-order valence-corrected chi connectivity index (χ1v) is 14.8. The Morgan fingerprint density at radius 2 is 0.744 bits per heavy atom. The average Bonchev–Trinajstić information content (AvgIpc) is 3.56. The lowest BCUT2D eigenvalue weighted by Crippen LogP contribution is -2.25. The van der Waals surface area contributed by atoms with Gasteiger partial charge in [-0.05, 0) is 56.6 Å². The Labute approximate surface area is 251 Å². The summed E-state index contributed by atoms with van der Waals surface area (Å²) < 4.78 is 0. The summed E-state index contributed by atoms with van der Waals surface area (Å²) in [6.45, 7) is 0. The van der Waals surface area contributed by atoms with Crippen LogP contribution in [0.2, 0.25) is 0 Å². The number of hydrogen-bond acceptors (Lipinski definition) is 2. The molecule has 1 spiro atoms. The smallest absolute Gasteiger partial charge is 0.160 e. The molecular formula is C41H26N2. The highest BCUT2D eigenvalue weighted by Gasteiger charge is 2.51. The molecule has 0 fully saturated rings. The quantitative estimate of drug-likeness (QED) is 0.220. The van der Waals surface area contributed by atoms with Gasteiger partial charge in [0, 0.05) is 16.7 Å². The van der Waals surface area contributed by atoms with Gasteiger partial charge in [-0.15, -0.1) is 0 Å². The standard InChI is InChI=1S/C41H26N2/c1-3-13-27(14-4-1)38-26-39(28-15-5-2-6-16-28)43-40(42-38)29-23-24-33-32-19-9-12-22-36(32)41(37(33)25-29)34-20-10-7-17-30(34)31-18-8-11-21-35(31)41/h1-26H. The fraction of sp³-hybridized carbons (Fsp3) is 0.0244. The second-order valence-corrected chi connectivity index (χ2v) is 11.3. The normalized spacial score (nSPS) is 13.3. The maximum absolute atomic E-state index is 5.17. The molecule has 43 heavy (non-hydrogen) atoms. The van der Waals surface area contributed by atoms with E-state index in [0.29, 0.717) is 0 Å². The van der Waals surface area contributed by atoms with Crippen molar-refractivity contribution in [3.8, 4) is 56.2 Å². The zero-order valence-corrected chi connectivity index (χ0v) is 23.4. The van der Waals surface area contributed by atoms with Gasteiger partial charge in [0.1, 0.15) is 0 Å². The molecule has 2 aliphatic carbocycles. The number of fused-ring (bicyclic) bond motifs is 10. The zero-order valence-electron chi connectivity index (χ0n) is 23.4. The molecule has 1 heterocycles. The molecule has 0 saturated heterocycles. The summed E-state index contributed by atoms with van der Waals surface area (Å²) in [5.74, 6) is 0.730. The van der Waals surface area contributed by atoms with Crippen LogP contribution in [-0.2, 0) is 5.41 Å². The molecule has 2 nitrogen and oxygen atoms in total. The minimum Gasteiger partial charge on any atom is -0.228 e. The van der Waals surface area contributed by atoms with Gasteiger partial charge in [0.2, 0.25) is 0 Å². The predicted molar refractivity (Wildman–Crippen MR) is 175 cm³/mol. The van der Waals surface area contributed by atoms with E-state index in [0.717, 1.165) is 33.9 Å². The average molecular weight is 547 g/mol. The van der Waals surface area contributed by atoms with Crippen molar-refractivity contribution in [2.45, 2.75) is 5.41 Å². The third-order valence-corrected chi connectivity index (χ3v) is 9.12. The second kappa shape index (κ2) is 9.20. The molecule has 0 radical (unpaired) electrons. The summed E-state index contributed by atoms with van der Waals surface area (Å²) in [6.07, 6.45) is 0. The largest absolute Gasteiger partial charge is 0.228 e. The van der Waals surface area contributed by atoms with Crippen molar-refractivity contribution >= 4 is 0 Å². The second-order valence-electron chi connectivity index (χ2n) is 11.3. The number of aromatic nitrogens is 2. The van der Waals surface area contributed by atoms with Gasteiger partial charge in [-0.1, -0.05) is 146 Å². The van der Waals surface area contributed by atoms with Crippen molar-refractivity contribution in [1.29, 1.82) is 0 Å². The Balaban J connectivity index is 1.32. The Morgan fingerprint density at radius 1 is 0.326 bits per heavy atom.